The number of para-hydroxylation sites is 1. The molecule has 4 nitrogen and oxygen atoms in total. The molecule has 0 aromatic heterocycles. The highest BCUT2D eigenvalue weighted by atomic mass is 32.2. The molecule has 0 saturated carbocycles. The zero-order chi connectivity index (χ0) is 10.6. The van der Waals surface area contributed by atoms with Crippen molar-refractivity contribution in [3.8, 4) is 5.75 Å². The van der Waals surface area contributed by atoms with Crippen molar-refractivity contribution in [1.29, 1.82) is 0 Å². The van der Waals surface area contributed by atoms with Crippen LogP contribution in [0.1, 0.15) is 0 Å². The van der Waals surface area contributed by atoms with E-state index in [1.807, 2.05) is 0 Å². The van der Waals surface area contributed by atoms with E-state index in [0.717, 1.165) is 0 Å². The summed E-state index contributed by atoms with van der Waals surface area (Å²) in [6.07, 6.45) is 0. The van der Waals surface area contributed by atoms with Gasteiger partial charge in [0.25, 0.3) is 0 Å². The molecule has 1 aromatic rings. The topological polar surface area (TPSA) is 89.3 Å². The maximum absolute atomic E-state index is 10.6. The highest BCUT2D eigenvalue weighted by Gasteiger charge is 2.10. The summed E-state index contributed by atoms with van der Waals surface area (Å²) in [4.78, 5) is 11.3. The maximum atomic E-state index is 10.6. The number of aromatic hydroxyl groups is 1. The van der Waals surface area contributed by atoms with Crippen LogP contribution in [-0.2, 0) is 4.79 Å². The molecule has 0 aliphatic rings. The minimum atomic E-state index is -0.681. The Bertz CT molecular complexity index is 330. The van der Waals surface area contributed by atoms with Gasteiger partial charge in [0, 0.05) is 10.6 Å². The standard InChI is InChI=1S/C9H12N2O2S/c10-6(9(11)13)5-14-8-4-2-1-3-7(8)12/h1-4,6,12H,5,10H2,(H2,11,13). The van der Waals surface area contributed by atoms with Crippen LogP contribution in [0.4, 0.5) is 0 Å². The summed E-state index contributed by atoms with van der Waals surface area (Å²) in [5.74, 6) is 0.0227. The Balaban J connectivity index is 2.54. The number of carbonyl (C=O) groups is 1. The van der Waals surface area contributed by atoms with E-state index in [1.165, 1.54) is 11.8 Å². The van der Waals surface area contributed by atoms with Gasteiger partial charge in [-0.25, -0.2) is 0 Å². The lowest BCUT2D eigenvalue weighted by molar-refractivity contribution is -0.118. The molecule has 1 atom stereocenters. The van der Waals surface area contributed by atoms with Gasteiger partial charge in [-0.15, -0.1) is 11.8 Å². The number of phenolic OH excluding ortho intramolecular Hbond substituents is 1. The van der Waals surface area contributed by atoms with Gasteiger partial charge in [0.05, 0.1) is 6.04 Å². The largest absolute Gasteiger partial charge is 0.507 e. The Kier molecular flexibility index (Phi) is 3.79. The molecule has 0 saturated heterocycles. The molecule has 5 N–H and O–H groups in total. The quantitative estimate of drug-likeness (QED) is 0.626. The highest BCUT2D eigenvalue weighted by Crippen LogP contribution is 2.27. The molecule has 0 heterocycles. The number of primary amides is 1. The number of rotatable bonds is 4. The van der Waals surface area contributed by atoms with Crippen molar-refractivity contribution in [3.63, 3.8) is 0 Å². The molecule has 0 radical (unpaired) electrons. The van der Waals surface area contributed by atoms with Gasteiger partial charge >= 0.3 is 0 Å². The zero-order valence-electron chi connectivity index (χ0n) is 7.51. The van der Waals surface area contributed by atoms with Crippen molar-refractivity contribution in [2.45, 2.75) is 10.9 Å². The molecule has 1 unspecified atom stereocenters. The second-order valence-electron chi connectivity index (χ2n) is 2.79. The van der Waals surface area contributed by atoms with Crippen molar-refractivity contribution in [3.05, 3.63) is 24.3 Å². The number of hydrogen-bond acceptors (Lipinski definition) is 4. The molecular weight excluding hydrogens is 200 g/mol. The number of benzene rings is 1. The zero-order valence-corrected chi connectivity index (χ0v) is 8.33. The van der Waals surface area contributed by atoms with E-state index in [9.17, 15) is 9.90 Å². The number of carbonyl (C=O) groups excluding carboxylic acids is 1. The lowest BCUT2D eigenvalue weighted by Crippen LogP contribution is -2.38. The smallest absolute Gasteiger partial charge is 0.235 e. The molecule has 14 heavy (non-hydrogen) atoms. The van der Waals surface area contributed by atoms with Crippen LogP contribution in [0, 0.1) is 0 Å². The second-order valence-corrected chi connectivity index (χ2v) is 3.85. The van der Waals surface area contributed by atoms with Crippen molar-refractivity contribution < 1.29 is 9.90 Å². The van der Waals surface area contributed by atoms with Crippen LogP contribution >= 0.6 is 11.8 Å². The first-order valence-corrected chi connectivity index (χ1v) is 5.05. The van der Waals surface area contributed by atoms with Gasteiger partial charge in [-0.1, -0.05) is 12.1 Å². The second kappa shape index (κ2) is 4.88. The summed E-state index contributed by atoms with van der Waals surface area (Å²) in [7, 11) is 0. The summed E-state index contributed by atoms with van der Waals surface area (Å²) in [5, 5.41) is 9.38. The van der Waals surface area contributed by atoms with Crippen LogP contribution < -0.4 is 11.5 Å². The first-order valence-electron chi connectivity index (χ1n) is 4.07. The fourth-order valence-corrected chi connectivity index (χ4v) is 1.76. The number of nitrogens with two attached hydrogens (primary N) is 2. The van der Waals surface area contributed by atoms with Crippen molar-refractivity contribution in [1.82, 2.24) is 0 Å². The van der Waals surface area contributed by atoms with Crippen LogP contribution in [0.3, 0.4) is 0 Å². The van der Waals surface area contributed by atoms with Crippen LogP contribution in [-0.4, -0.2) is 22.8 Å². The number of thioether (sulfide) groups is 1. The molecule has 0 fully saturated rings. The summed E-state index contributed by atoms with van der Waals surface area (Å²) in [5.41, 5.74) is 10.4. The van der Waals surface area contributed by atoms with Gasteiger partial charge < -0.3 is 16.6 Å². The van der Waals surface area contributed by atoms with Crippen molar-refractivity contribution >= 4 is 17.7 Å². The van der Waals surface area contributed by atoms with Crippen molar-refractivity contribution in [2.75, 3.05) is 5.75 Å². The van der Waals surface area contributed by atoms with E-state index in [1.54, 1.807) is 24.3 Å². The van der Waals surface area contributed by atoms with E-state index in [0.29, 0.717) is 10.6 Å². The third-order valence-electron chi connectivity index (χ3n) is 1.65. The minimum absolute atomic E-state index is 0.189. The van der Waals surface area contributed by atoms with Gasteiger partial charge in [0.2, 0.25) is 5.91 Å². The van der Waals surface area contributed by atoms with E-state index in [4.69, 9.17) is 11.5 Å². The monoisotopic (exact) mass is 212 g/mol. The highest BCUT2D eigenvalue weighted by molar-refractivity contribution is 7.99. The minimum Gasteiger partial charge on any atom is -0.507 e. The molecule has 0 spiro atoms. The SMILES string of the molecule is NC(=O)C(N)CSc1ccccc1O. The number of hydrogen-bond donors (Lipinski definition) is 3. The van der Waals surface area contributed by atoms with E-state index >= 15 is 0 Å². The van der Waals surface area contributed by atoms with E-state index in [-0.39, 0.29) is 5.75 Å². The van der Waals surface area contributed by atoms with Gasteiger partial charge in [0.15, 0.2) is 0 Å². The maximum Gasteiger partial charge on any atom is 0.235 e. The summed E-state index contributed by atoms with van der Waals surface area (Å²) < 4.78 is 0. The Labute approximate surface area is 86.3 Å². The molecule has 0 aliphatic carbocycles. The van der Waals surface area contributed by atoms with Gasteiger partial charge in [-0.2, -0.15) is 0 Å². The lowest BCUT2D eigenvalue weighted by atomic mass is 10.3. The molecule has 1 aromatic carbocycles. The van der Waals surface area contributed by atoms with Crippen LogP contribution in [0.2, 0.25) is 0 Å². The lowest BCUT2D eigenvalue weighted by Gasteiger charge is -2.07. The third kappa shape index (κ3) is 2.93. The van der Waals surface area contributed by atoms with E-state index in [2.05, 4.69) is 0 Å². The predicted molar refractivity (Wildman–Crippen MR) is 56.0 cm³/mol. The molecule has 0 bridgehead atoms. The van der Waals surface area contributed by atoms with Gasteiger partial charge in [-0.3, -0.25) is 4.79 Å². The first-order chi connectivity index (χ1) is 6.61. The van der Waals surface area contributed by atoms with Gasteiger partial charge in [0.1, 0.15) is 5.75 Å². The predicted octanol–water partition coefficient (Wildman–Crippen LogP) is 0.297. The molecule has 1 amide bonds. The fraction of sp³-hybridized carbons (Fsp3) is 0.222. The summed E-state index contributed by atoms with van der Waals surface area (Å²) >= 11 is 1.31. The number of phenols is 1. The van der Waals surface area contributed by atoms with Crippen LogP contribution in [0.25, 0.3) is 0 Å². The number of amides is 1. The molecule has 5 heteroatoms. The van der Waals surface area contributed by atoms with E-state index < -0.39 is 11.9 Å². The fourth-order valence-electron chi connectivity index (χ4n) is 0.841. The Morgan fingerprint density at radius 2 is 2.14 bits per heavy atom. The molecule has 76 valence electrons. The van der Waals surface area contributed by atoms with Gasteiger partial charge in [-0.05, 0) is 12.1 Å². The normalized spacial score (nSPS) is 12.4. The van der Waals surface area contributed by atoms with Crippen LogP contribution in [0.15, 0.2) is 29.2 Å². The molecular formula is C9H12N2O2S. The average molecular weight is 212 g/mol. The van der Waals surface area contributed by atoms with Crippen LogP contribution in [0.5, 0.6) is 5.75 Å². The Morgan fingerprint density at radius 3 is 2.71 bits per heavy atom. The first kappa shape index (κ1) is 10.9. The van der Waals surface area contributed by atoms with Crippen molar-refractivity contribution in [2.24, 2.45) is 11.5 Å². The summed E-state index contributed by atoms with van der Waals surface area (Å²) in [6.45, 7) is 0. The third-order valence-corrected chi connectivity index (χ3v) is 2.83. The average Bonchev–Trinajstić information content (AvgIpc) is 2.16. The molecule has 1 rings (SSSR count). The Morgan fingerprint density at radius 1 is 1.50 bits per heavy atom. The molecule has 0 aliphatic heterocycles. The Hall–Kier alpha value is -1.20. The summed E-state index contributed by atoms with van der Waals surface area (Å²) in [6, 6.07) is 6.19.